The molecule has 1 N–H and O–H groups in total. The molecule has 0 atom stereocenters. The smallest absolute Gasteiger partial charge is 0.229 e. The van der Waals surface area contributed by atoms with Gasteiger partial charge in [0.25, 0.3) is 0 Å². The molecular formula is C15H25N3OS. The summed E-state index contributed by atoms with van der Waals surface area (Å²) in [5.74, 6) is 3.17. The second-order valence-corrected chi connectivity index (χ2v) is 7.39. The Labute approximate surface area is 125 Å². The van der Waals surface area contributed by atoms with Crippen molar-refractivity contribution >= 4 is 11.8 Å². The van der Waals surface area contributed by atoms with Crippen molar-refractivity contribution in [3.8, 4) is 0 Å². The highest BCUT2D eigenvalue weighted by Gasteiger charge is 2.26. The average Bonchev–Trinajstić information content (AvgIpc) is 3.17. The van der Waals surface area contributed by atoms with Crippen molar-refractivity contribution < 1.29 is 4.52 Å². The SMILES string of the molecule is CNC1CCC(c2nc(CSC3CCCC3)no2)CC1. The Morgan fingerprint density at radius 1 is 1.15 bits per heavy atom. The lowest BCUT2D eigenvalue weighted by atomic mass is 9.86. The van der Waals surface area contributed by atoms with Gasteiger partial charge in [0.05, 0.1) is 5.75 Å². The van der Waals surface area contributed by atoms with Gasteiger partial charge in [0.1, 0.15) is 0 Å². The van der Waals surface area contributed by atoms with Crippen LogP contribution in [0.3, 0.4) is 0 Å². The van der Waals surface area contributed by atoms with Crippen molar-refractivity contribution in [3.05, 3.63) is 11.7 Å². The first-order valence-electron chi connectivity index (χ1n) is 7.96. The standard InChI is InChI=1S/C15H25N3OS/c1-16-12-8-6-11(7-9-12)15-17-14(18-19-15)10-20-13-4-2-3-5-13/h11-13,16H,2-10H2,1H3. The first kappa shape index (κ1) is 14.4. The minimum absolute atomic E-state index is 0.484. The van der Waals surface area contributed by atoms with E-state index in [1.54, 1.807) is 0 Å². The number of hydrogen-bond acceptors (Lipinski definition) is 5. The van der Waals surface area contributed by atoms with Crippen molar-refractivity contribution in [2.45, 2.75) is 74.3 Å². The molecule has 1 aromatic heterocycles. The second kappa shape index (κ2) is 6.94. The number of aromatic nitrogens is 2. The molecule has 2 aliphatic rings. The van der Waals surface area contributed by atoms with Crippen LogP contribution < -0.4 is 5.32 Å². The monoisotopic (exact) mass is 295 g/mol. The fourth-order valence-corrected chi connectivity index (χ4v) is 4.54. The predicted octanol–water partition coefficient (Wildman–Crippen LogP) is 3.49. The van der Waals surface area contributed by atoms with Crippen LogP contribution in [0.1, 0.15) is 69.0 Å². The summed E-state index contributed by atoms with van der Waals surface area (Å²) in [5, 5.41) is 8.35. The predicted molar refractivity (Wildman–Crippen MR) is 81.9 cm³/mol. The maximum atomic E-state index is 5.49. The molecule has 4 nitrogen and oxygen atoms in total. The van der Waals surface area contributed by atoms with E-state index < -0.39 is 0 Å². The largest absolute Gasteiger partial charge is 0.339 e. The Morgan fingerprint density at radius 3 is 2.60 bits per heavy atom. The molecule has 0 unspecified atom stereocenters. The molecule has 2 saturated carbocycles. The number of hydrogen-bond donors (Lipinski definition) is 1. The molecule has 2 aliphatic carbocycles. The first-order valence-corrected chi connectivity index (χ1v) is 9.01. The first-order chi connectivity index (χ1) is 9.85. The highest BCUT2D eigenvalue weighted by atomic mass is 32.2. The molecule has 112 valence electrons. The average molecular weight is 295 g/mol. The highest BCUT2D eigenvalue weighted by molar-refractivity contribution is 7.99. The van der Waals surface area contributed by atoms with E-state index in [1.165, 1.54) is 51.4 Å². The minimum Gasteiger partial charge on any atom is -0.339 e. The van der Waals surface area contributed by atoms with Crippen molar-refractivity contribution in [3.63, 3.8) is 0 Å². The van der Waals surface area contributed by atoms with Gasteiger partial charge in [-0.05, 0) is 45.6 Å². The molecule has 0 aromatic carbocycles. The maximum absolute atomic E-state index is 5.49. The molecule has 0 saturated heterocycles. The fraction of sp³-hybridized carbons (Fsp3) is 0.867. The quantitative estimate of drug-likeness (QED) is 0.901. The van der Waals surface area contributed by atoms with E-state index in [-0.39, 0.29) is 0 Å². The van der Waals surface area contributed by atoms with Gasteiger partial charge in [0.2, 0.25) is 5.89 Å². The van der Waals surface area contributed by atoms with Crippen molar-refractivity contribution in [1.29, 1.82) is 0 Å². The van der Waals surface area contributed by atoms with Gasteiger partial charge < -0.3 is 9.84 Å². The third kappa shape index (κ3) is 3.55. The zero-order valence-electron chi connectivity index (χ0n) is 12.3. The Kier molecular flexibility index (Phi) is 4.99. The fourth-order valence-electron chi connectivity index (χ4n) is 3.37. The molecule has 2 fully saturated rings. The molecule has 0 amide bonds. The van der Waals surface area contributed by atoms with Gasteiger partial charge in [-0.3, -0.25) is 0 Å². The van der Waals surface area contributed by atoms with E-state index in [1.807, 2.05) is 11.8 Å². The molecule has 3 rings (SSSR count). The number of thioether (sulfide) groups is 1. The third-order valence-corrected chi connectivity index (χ3v) is 6.09. The zero-order chi connectivity index (χ0) is 13.8. The summed E-state index contributed by atoms with van der Waals surface area (Å²) in [6.45, 7) is 0. The van der Waals surface area contributed by atoms with E-state index in [9.17, 15) is 0 Å². The highest BCUT2D eigenvalue weighted by Crippen LogP contribution is 2.33. The van der Waals surface area contributed by atoms with Gasteiger partial charge in [0, 0.05) is 17.2 Å². The van der Waals surface area contributed by atoms with Crippen LogP contribution in [0.25, 0.3) is 0 Å². The normalized spacial score (nSPS) is 28.1. The van der Waals surface area contributed by atoms with Gasteiger partial charge in [-0.2, -0.15) is 16.7 Å². The van der Waals surface area contributed by atoms with Crippen molar-refractivity contribution in [2.24, 2.45) is 0 Å². The summed E-state index contributed by atoms with van der Waals surface area (Å²) in [4.78, 5) is 4.63. The zero-order valence-corrected chi connectivity index (χ0v) is 13.1. The Morgan fingerprint density at radius 2 is 1.90 bits per heavy atom. The topological polar surface area (TPSA) is 51.0 Å². The molecule has 20 heavy (non-hydrogen) atoms. The third-order valence-electron chi connectivity index (χ3n) is 4.72. The van der Waals surface area contributed by atoms with Crippen molar-refractivity contribution in [2.75, 3.05) is 7.05 Å². The van der Waals surface area contributed by atoms with Crippen LogP contribution in [0.2, 0.25) is 0 Å². The second-order valence-electron chi connectivity index (χ2n) is 6.10. The number of nitrogens with zero attached hydrogens (tertiary/aromatic N) is 2. The number of rotatable bonds is 5. The molecule has 0 aliphatic heterocycles. The lowest BCUT2D eigenvalue weighted by Gasteiger charge is -2.25. The number of nitrogens with one attached hydrogen (secondary N) is 1. The maximum Gasteiger partial charge on any atom is 0.229 e. The van der Waals surface area contributed by atoms with Gasteiger partial charge in [-0.1, -0.05) is 18.0 Å². The van der Waals surface area contributed by atoms with E-state index >= 15 is 0 Å². The molecule has 5 heteroatoms. The van der Waals surface area contributed by atoms with Crippen LogP contribution in [0.4, 0.5) is 0 Å². The Balaban J connectivity index is 1.49. The minimum atomic E-state index is 0.484. The van der Waals surface area contributed by atoms with Crippen molar-refractivity contribution in [1.82, 2.24) is 15.5 Å². The van der Waals surface area contributed by atoms with Crippen LogP contribution in [0.5, 0.6) is 0 Å². The van der Waals surface area contributed by atoms with Gasteiger partial charge in [0.15, 0.2) is 5.82 Å². The summed E-state index contributed by atoms with van der Waals surface area (Å²) in [6.07, 6.45) is 10.3. The lowest BCUT2D eigenvalue weighted by molar-refractivity contribution is 0.288. The van der Waals surface area contributed by atoms with Crippen LogP contribution in [-0.4, -0.2) is 28.5 Å². The van der Waals surface area contributed by atoms with Crippen LogP contribution in [-0.2, 0) is 5.75 Å². The van der Waals surface area contributed by atoms with E-state index in [0.717, 1.165) is 22.7 Å². The van der Waals surface area contributed by atoms with Crippen LogP contribution >= 0.6 is 11.8 Å². The Bertz CT molecular complexity index is 409. The summed E-state index contributed by atoms with van der Waals surface area (Å²) in [7, 11) is 2.05. The molecule has 1 aromatic rings. The summed E-state index contributed by atoms with van der Waals surface area (Å²) < 4.78 is 5.49. The molecular weight excluding hydrogens is 270 g/mol. The lowest BCUT2D eigenvalue weighted by Crippen LogP contribution is -2.29. The molecule has 0 bridgehead atoms. The van der Waals surface area contributed by atoms with E-state index in [2.05, 4.69) is 22.5 Å². The van der Waals surface area contributed by atoms with Gasteiger partial charge in [-0.15, -0.1) is 0 Å². The van der Waals surface area contributed by atoms with E-state index in [4.69, 9.17) is 4.52 Å². The summed E-state index contributed by atoms with van der Waals surface area (Å²) >= 11 is 2.01. The van der Waals surface area contributed by atoms with Crippen LogP contribution in [0, 0.1) is 0 Å². The molecule has 0 radical (unpaired) electrons. The summed E-state index contributed by atoms with van der Waals surface area (Å²) in [6, 6.07) is 0.673. The van der Waals surface area contributed by atoms with E-state index in [0.29, 0.717) is 12.0 Å². The summed E-state index contributed by atoms with van der Waals surface area (Å²) in [5.41, 5.74) is 0. The van der Waals surface area contributed by atoms with Gasteiger partial charge in [-0.25, -0.2) is 0 Å². The Hall–Kier alpha value is -0.550. The van der Waals surface area contributed by atoms with Gasteiger partial charge >= 0.3 is 0 Å². The molecule has 0 spiro atoms. The van der Waals surface area contributed by atoms with Crippen LogP contribution in [0.15, 0.2) is 4.52 Å². The molecule has 1 heterocycles.